The summed E-state index contributed by atoms with van der Waals surface area (Å²) in [6.07, 6.45) is 5.16. The summed E-state index contributed by atoms with van der Waals surface area (Å²) in [5.41, 5.74) is 1.04. The Balaban J connectivity index is 1.46. The zero-order valence-electron chi connectivity index (χ0n) is 15.3. The zero-order chi connectivity index (χ0) is 17.6. The minimum atomic E-state index is -0.206. The second-order valence-corrected chi connectivity index (χ2v) is 7.33. The van der Waals surface area contributed by atoms with Crippen molar-refractivity contribution in [3.05, 3.63) is 30.1 Å². The maximum absolute atomic E-state index is 13.1. The van der Waals surface area contributed by atoms with E-state index in [1.54, 1.807) is 0 Å². The number of rotatable bonds is 5. The Morgan fingerprint density at radius 3 is 2.44 bits per heavy atom. The van der Waals surface area contributed by atoms with Gasteiger partial charge in [-0.25, -0.2) is 4.39 Å². The summed E-state index contributed by atoms with van der Waals surface area (Å²) in [4.78, 5) is 19.4. The molecule has 0 aliphatic carbocycles. The number of carbonyl (C=O) groups excluding carboxylic acids is 1. The van der Waals surface area contributed by atoms with Crippen molar-refractivity contribution in [2.75, 3.05) is 44.2 Å². The zero-order valence-corrected chi connectivity index (χ0v) is 15.3. The Hall–Kier alpha value is -1.62. The van der Waals surface area contributed by atoms with Gasteiger partial charge in [0.2, 0.25) is 5.91 Å². The predicted octanol–water partition coefficient (Wildman–Crippen LogP) is 3.13. The molecule has 1 aromatic carbocycles. The molecule has 4 nitrogen and oxygen atoms in total. The van der Waals surface area contributed by atoms with Gasteiger partial charge in [-0.15, -0.1) is 0 Å². The lowest BCUT2D eigenvalue weighted by Gasteiger charge is -2.26. The largest absolute Gasteiger partial charge is 0.370 e. The van der Waals surface area contributed by atoms with E-state index in [4.69, 9.17) is 0 Å². The molecule has 0 saturated carbocycles. The van der Waals surface area contributed by atoms with Crippen LogP contribution in [0.15, 0.2) is 24.3 Å². The van der Waals surface area contributed by atoms with Crippen LogP contribution in [-0.4, -0.2) is 61.0 Å². The average Bonchev–Trinajstić information content (AvgIpc) is 3.05. The Morgan fingerprint density at radius 1 is 1.00 bits per heavy atom. The Kier molecular flexibility index (Phi) is 6.29. The maximum atomic E-state index is 13.1. The fraction of sp³-hybridized carbons (Fsp3) is 0.650. The molecule has 0 spiro atoms. The lowest BCUT2D eigenvalue weighted by molar-refractivity contribution is -0.131. The van der Waals surface area contributed by atoms with Gasteiger partial charge in [0.05, 0.1) is 0 Å². The highest BCUT2D eigenvalue weighted by Crippen LogP contribution is 2.19. The number of anilines is 1. The van der Waals surface area contributed by atoms with Gasteiger partial charge in [-0.3, -0.25) is 4.79 Å². The molecule has 0 N–H and O–H groups in total. The number of likely N-dealkylation sites (tertiary alicyclic amines) is 1. The van der Waals surface area contributed by atoms with Gasteiger partial charge < -0.3 is 14.7 Å². The summed E-state index contributed by atoms with van der Waals surface area (Å²) in [5.74, 6) is 0.0782. The molecule has 2 fully saturated rings. The molecule has 25 heavy (non-hydrogen) atoms. The fourth-order valence-electron chi connectivity index (χ4n) is 3.93. The van der Waals surface area contributed by atoms with Gasteiger partial charge in [0, 0.05) is 44.3 Å². The van der Waals surface area contributed by atoms with Gasteiger partial charge in [-0.05, 0) is 70.0 Å². The standard InChI is InChI=1S/C20H30FN3O/c1-17(22-11-2-3-12-22)5-10-20(25)24-14-4-13-23(15-16-24)19-8-6-18(21)7-9-19/h6-9,17H,2-5,10-16H2,1H3/t17-/m0/s1. The van der Waals surface area contributed by atoms with E-state index in [0.29, 0.717) is 12.5 Å². The molecular formula is C20H30FN3O. The van der Waals surface area contributed by atoms with Crippen LogP contribution < -0.4 is 4.90 Å². The Labute approximate surface area is 150 Å². The van der Waals surface area contributed by atoms with Crippen molar-refractivity contribution >= 4 is 11.6 Å². The maximum Gasteiger partial charge on any atom is 0.222 e. The highest BCUT2D eigenvalue weighted by Gasteiger charge is 2.22. The molecule has 2 aliphatic heterocycles. The van der Waals surface area contributed by atoms with Crippen LogP contribution in [0.5, 0.6) is 0 Å². The molecule has 3 rings (SSSR count). The Bertz CT molecular complexity index is 557. The summed E-state index contributed by atoms with van der Waals surface area (Å²) in [6.45, 7) is 7.94. The molecule has 2 heterocycles. The van der Waals surface area contributed by atoms with Gasteiger partial charge in [-0.1, -0.05) is 0 Å². The molecule has 0 unspecified atom stereocenters. The fourth-order valence-corrected chi connectivity index (χ4v) is 3.93. The van der Waals surface area contributed by atoms with Gasteiger partial charge in [0.1, 0.15) is 5.82 Å². The first kappa shape index (κ1) is 18.2. The predicted molar refractivity (Wildman–Crippen MR) is 99.3 cm³/mol. The van der Waals surface area contributed by atoms with Crippen LogP contribution in [0, 0.1) is 5.82 Å². The van der Waals surface area contributed by atoms with Gasteiger partial charge >= 0.3 is 0 Å². The number of nitrogens with zero attached hydrogens (tertiary/aromatic N) is 3. The number of hydrogen-bond donors (Lipinski definition) is 0. The monoisotopic (exact) mass is 347 g/mol. The molecular weight excluding hydrogens is 317 g/mol. The molecule has 1 atom stereocenters. The summed E-state index contributed by atoms with van der Waals surface area (Å²) in [7, 11) is 0. The molecule has 0 radical (unpaired) electrons. The summed E-state index contributed by atoms with van der Waals surface area (Å²) in [5, 5.41) is 0. The van der Waals surface area contributed by atoms with E-state index in [0.717, 1.165) is 44.7 Å². The van der Waals surface area contributed by atoms with Crippen molar-refractivity contribution in [2.24, 2.45) is 0 Å². The number of hydrogen-bond acceptors (Lipinski definition) is 3. The quantitative estimate of drug-likeness (QED) is 0.819. The van der Waals surface area contributed by atoms with Crippen LogP contribution in [0.3, 0.4) is 0 Å². The van der Waals surface area contributed by atoms with Crippen LogP contribution in [0.4, 0.5) is 10.1 Å². The SMILES string of the molecule is C[C@@H](CCC(=O)N1CCCN(c2ccc(F)cc2)CC1)N1CCCC1. The first-order valence-electron chi connectivity index (χ1n) is 9.66. The van der Waals surface area contributed by atoms with Crippen LogP contribution >= 0.6 is 0 Å². The number of amides is 1. The molecule has 0 aromatic heterocycles. The normalized spacial score (nSPS) is 20.6. The van der Waals surface area contributed by atoms with E-state index in [-0.39, 0.29) is 11.7 Å². The van der Waals surface area contributed by atoms with Crippen LogP contribution in [-0.2, 0) is 4.79 Å². The van der Waals surface area contributed by atoms with Crippen LogP contribution in [0.1, 0.15) is 39.0 Å². The van der Waals surface area contributed by atoms with E-state index in [1.165, 1.54) is 38.1 Å². The van der Waals surface area contributed by atoms with E-state index in [9.17, 15) is 9.18 Å². The molecule has 2 aliphatic rings. The van der Waals surface area contributed by atoms with E-state index in [1.807, 2.05) is 17.0 Å². The summed E-state index contributed by atoms with van der Waals surface area (Å²) < 4.78 is 13.1. The third kappa shape index (κ3) is 4.94. The van der Waals surface area contributed by atoms with Crippen LogP contribution in [0.25, 0.3) is 0 Å². The summed E-state index contributed by atoms with van der Waals surface area (Å²) in [6, 6.07) is 7.16. The molecule has 1 aromatic rings. The second kappa shape index (κ2) is 8.65. The first-order chi connectivity index (χ1) is 12.1. The van der Waals surface area contributed by atoms with E-state index < -0.39 is 0 Å². The first-order valence-corrected chi connectivity index (χ1v) is 9.66. The van der Waals surface area contributed by atoms with E-state index >= 15 is 0 Å². The van der Waals surface area contributed by atoms with Gasteiger partial charge in [0.15, 0.2) is 0 Å². The van der Waals surface area contributed by atoms with Crippen molar-refractivity contribution < 1.29 is 9.18 Å². The molecule has 0 bridgehead atoms. The number of halogens is 1. The number of benzene rings is 1. The van der Waals surface area contributed by atoms with Crippen molar-refractivity contribution in [3.63, 3.8) is 0 Å². The number of carbonyl (C=O) groups is 1. The third-order valence-electron chi connectivity index (χ3n) is 5.58. The second-order valence-electron chi connectivity index (χ2n) is 7.33. The molecule has 138 valence electrons. The van der Waals surface area contributed by atoms with Crippen LogP contribution in [0.2, 0.25) is 0 Å². The minimum absolute atomic E-state index is 0.206. The average molecular weight is 347 g/mol. The lowest BCUT2D eigenvalue weighted by Crippen LogP contribution is -2.36. The molecule has 2 saturated heterocycles. The molecule has 1 amide bonds. The van der Waals surface area contributed by atoms with Gasteiger partial charge in [0.25, 0.3) is 0 Å². The minimum Gasteiger partial charge on any atom is -0.370 e. The van der Waals surface area contributed by atoms with Gasteiger partial charge in [-0.2, -0.15) is 0 Å². The smallest absolute Gasteiger partial charge is 0.222 e. The topological polar surface area (TPSA) is 26.8 Å². The molecule has 5 heteroatoms. The van der Waals surface area contributed by atoms with E-state index in [2.05, 4.69) is 16.7 Å². The van der Waals surface area contributed by atoms with Crippen molar-refractivity contribution in [2.45, 2.75) is 45.1 Å². The van der Waals surface area contributed by atoms with Crippen molar-refractivity contribution in [1.29, 1.82) is 0 Å². The van der Waals surface area contributed by atoms with Crippen molar-refractivity contribution in [1.82, 2.24) is 9.80 Å². The highest BCUT2D eigenvalue weighted by molar-refractivity contribution is 5.76. The lowest BCUT2D eigenvalue weighted by atomic mass is 10.1. The Morgan fingerprint density at radius 2 is 1.72 bits per heavy atom. The third-order valence-corrected chi connectivity index (χ3v) is 5.58. The summed E-state index contributed by atoms with van der Waals surface area (Å²) >= 11 is 0. The highest BCUT2D eigenvalue weighted by atomic mass is 19.1. The van der Waals surface area contributed by atoms with Crippen molar-refractivity contribution in [3.8, 4) is 0 Å².